The van der Waals surface area contributed by atoms with Gasteiger partial charge in [0, 0.05) is 55.1 Å². The van der Waals surface area contributed by atoms with E-state index in [-0.39, 0.29) is 5.02 Å². The Bertz CT molecular complexity index is 1300. The Balaban J connectivity index is 1.32. The number of nitrogens with zero attached hydrogens (tertiary/aromatic N) is 6. The molecule has 5 rings (SSSR count). The highest BCUT2D eigenvalue weighted by molar-refractivity contribution is 7.98. The summed E-state index contributed by atoms with van der Waals surface area (Å²) in [6, 6.07) is 15.2. The Kier molecular flexibility index (Phi) is 6.58. The van der Waals surface area contributed by atoms with Crippen molar-refractivity contribution in [2.45, 2.75) is 17.8 Å². The molecule has 10 heteroatoms. The standard InChI is InChI=1S/C24H25ClFN7S/c1-16-13-22(28-18-4-6-19(7-5-18)32-11-9-31(2)10-12-32)33-23(27-16)29-24(30-33)34-15-17-3-8-20(25)21(26)14-17/h3-8,13-14,28H,9-12,15H2,1-2H3. The number of piperazine rings is 1. The number of rotatable bonds is 6. The monoisotopic (exact) mass is 497 g/mol. The van der Waals surface area contributed by atoms with Crippen molar-refractivity contribution in [2.24, 2.45) is 0 Å². The average Bonchev–Trinajstić information content (AvgIpc) is 3.24. The first kappa shape index (κ1) is 22.9. The van der Waals surface area contributed by atoms with E-state index in [0.29, 0.717) is 16.7 Å². The van der Waals surface area contributed by atoms with Gasteiger partial charge in [-0.3, -0.25) is 0 Å². The fraction of sp³-hybridized carbons (Fsp3) is 0.292. The van der Waals surface area contributed by atoms with Crippen molar-refractivity contribution in [1.82, 2.24) is 24.5 Å². The number of benzene rings is 2. The second kappa shape index (κ2) is 9.77. The molecule has 34 heavy (non-hydrogen) atoms. The van der Waals surface area contributed by atoms with Crippen LogP contribution in [0.2, 0.25) is 5.02 Å². The van der Waals surface area contributed by atoms with E-state index in [1.807, 2.05) is 13.0 Å². The van der Waals surface area contributed by atoms with Crippen LogP contribution < -0.4 is 10.2 Å². The first-order valence-corrected chi connectivity index (χ1v) is 12.4. The van der Waals surface area contributed by atoms with Crippen LogP contribution in [0.4, 0.5) is 21.6 Å². The summed E-state index contributed by atoms with van der Waals surface area (Å²) >= 11 is 7.20. The van der Waals surface area contributed by atoms with Crippen molar-refractivity contribution in [1.29, 1.82) is 0 Å². The lowest BCUT2D eigenvalue weighted by Gasteiger charge is -2.34. The molecule has 1 aliphatic rings. The number of aromatic nitrogens is 4. The van der Waals surface area contributed by atoms with Crippen molar-refractivity contribution >= 4 is 46.3 Å². The van der Waals surface area contributed by atoms with Crippen LogP contribution in [-0.2, 0) is 5.75 Å². The predicted molar refractivity (Wildman–Crippen MR) is 136 cm³/mol. The van der Waals surface area contributed by atoms with E-state index < -0.39 is 5.82 Å². The molecule has 3 heterocycles. The molecular formula is C24H25ClFN7S. The van der Waals surface area contributed by atoms with Crippen LogP contribution in [0.15, 0.2) is 53.7 Å². The minimum atomic E-state index is -0.426. The maximum absolute atomic E-state index is 13.7. The number of aryl methyl sites for hydroxylation is 1. The maximum Gasteiger partial charge on any atom is 0.255 e. The number of likely N-dealkylation sites (N-methyl/N-ethyl adjacent to an activating group) is 1. The SMILES string of the molecule is Cc1cc(Nc2ccc(N3CCN(C)CC3)cc2)n2nc(SCc3ccc(Cl)c(F)c3)nc2n1. The maximum atomic E-state index is 13.7. The molecule has 0 unspecified atom stereocenters. The van der Waals surface area contributed by atoms with E-state index >= 15 is 0 Å². The molecule has 0 spiro atoms. The molecule has 0 amide bonds. The molecule has 1 saturated heterocycles. The van der Waals surface area contributed by atoms with Crippen LogP contribution in [-0.4, -0.2) is 57.7 Å². The summed E-state index contributed by atoms with van der Waals surface area (Å²) in [6.45, 7) is 6.16. The number of halogens is 2. The molecule has 7 nitrogen and oxygen atoms in total. The van der Waals surface area contributed by atoms with Crippen LogP contribution >= 0.6 is 23.4 Å². The van der Waals surface area contributed by atoms with Crippen molar-refractivity contribution in [3.05, 3.63) is 70.6 Å². The molecule has 2 aromatic carbocycles. The molecule has 176 valence electrons. The highest BCUT2D eigenvalue weighted by atomic mass is 35.5. The van der Waals surface area contributed by atoms with E-state index in [9.17, 15) is 4.39 Å². The summed E-state index contributed by atoms with van der Waals surface area (Å²) in [7, 11) is 2.16. The third-order valence-electron chi connectivity index (χ3n) is 5.78. The summed E-state index contributed by atoms with van der Waals surface area (Å²) < 4.78 is 15.4. The van der Waals surface area contributed by atoms with Crippen molar-refractivity contribution < 1.29 is 4.39 Å². The molecule has 0 radical (unpaired) electrons. The van der Waals surface area contributed by atoms with E-state index in [0.717, 1.165) is 48.9 Å². The highest BCUT2D eigenvalue weighted by Crippen LogP contribution is 2.26. The van der Waals surface area contributed by atoms with Crippen molar-refractivity contribution in [3.8, 4) is 0 Å². The summed E-state index contributed by atoms with van der Waals surface area (Å²) in [5.41, 5.74) is 3.85. The van der Waals surface area contributed by atoms with Crippen molar-refractivity contribution in [3.63, 3.8) is 0 Å². The Morgan fingerprint density at radius 2 is 1.79 bits per heavy atom. The molecule has 0 atom stereocenters. The topological polar surface area (TPSA) is 61.6 Å². The quantitative estimate of drug-likeness (QED) is 0.375. The average molecular weight is 498 g/mol. The molecule has 2 aromatic heterocycles. The van der Waals surface area contributed by atoms with Crippen LogP contribution in [0.25, 0.3) is 5.78 Å². The van der Waals surface area contributed by atoms with Crippen LogP contribution in [0.5, 0.6) is 0 Å². The van der Waals surface area contributed by atoms with Gasteiger partial charge >= 0.3 is 0 Å². The number of hydrogen-bond donors (Lipinski definition) is 1. The molecule has 1 N–H and O–H groups in total. The minimum Gasteiger partial charge on any atom is -0.369 e. The second-order valence-corrected chi connectivity index (χ2v) is 9.74. The molecule has 1 aliphatic heterocycles. The van der Waals surface area contributed by atoms with Gasteiger partial charge in [-0.1, -0.05) is 29.4 Å². The fourth-order valence-corrected chi connectivity index (χ4v) is 4.74. The zero-order valence-electron chi connectivity index (χ0n) is 19.0. The van der Waals surface area contributed by atoms with Gasteiger partial charge in [-0.15, -0.1) is 5.10 Å². The normalized spacial score (nSPS) is 14.6. The van der Waals surface area contributed by atoms with Gasteiger partial charge in [0.1, 0.15) is 11.6 Å². The first-order valence-electron chi connectivity index (χ1n) is 11.1. The highest BCUT2D eigenvalue weighted by Gasteiger charge is 2.15. The Morgan fingerprint density at radius 3 is 2.53 bits per heavy atom. The summed E-state index contributed by atoms with van der Waals surface area (Å²) in [5.74, 6) is 1.40. The smallest absolute Gasteiger partial charge is 0.255 e. The third kappa shape index (κ3) is 5.11. The minimum absolute atomic E-state index is 0.117. The van der Waals surface area contributed by atoms with Gasteiger partial charge in [0.05, 0.1) is 5.02 Å². The largest absolute Gasteiger partial charge is 0.369 e. The molecule has 0 saturated carbocycles. The summed E-state index contributed by atoms with van der Waals surface area (Å²) in [4.78, 5) is 13.8. The third-order valence-corrected chi connectivity index (χ3v) is 7.00. The molecule has 4 aromatic rings. The Morgan fingerprint density at radius 1 is 1.03 bits per heavy atom. The van der Waals surface area contributed by atoms with E-state index in [2.05, 4.69) is 61.5 Å². The number of nitrogens with one attached hydrogen (secondary N) is 1. The van der Waals surface area contributed by atoms with Gasteiger partial charge < -0.3 is 15.1 Å². The summed E-state index contributed by atoms with van der Waals surface area (Å²) in [6.07, 6.45) is 0. The van der Waals surface area contributed by atoms with E-state index in [1.165, 1.54) is 23.5 Å². The van der Waals surface area contributed by atoms with Gasteiger partial charge in [0.25, 0.3) is 5.78 Å². The fourth-order valence-electron chi connectivity index (χ4n) is 3.86. The number of anilines is 3. The van der Waals surface area contributed by atoms with E-state index in [1.54, 1.807) is 16.6 Å². The van der Waals surface area contributed by atoms with Crippen molar-refractivity contribution in [2.75, 3.05) is 43.4 Å². The first-order chi connectivity index (χ1) is 16.4. The molecule has 0 aliphatic carbocycles. The van der Waals surface area contributed by atoms with Gasteiger partial charge in [-0.05, 0) is 55.9 Å². The van der Waals surface area contributed by atoms with Crippen LogP contribution in [0.1, 0.15) is 11.3 Å². The number of thioether (sulfide) groups is 1. The van der Waals surface area contributed by atoms with Gasteiger partial charge in [0.15, 0.2) is 0 Å². The van der Waals surface area contributed by atoms with Gasteiger partial charge in [-0.25, -0.2) is 9.37 Å². The van der Waals surface area contributed by atoms with E-state index in [4.69, 9.17) is 11.6 Å². The second-order valence-electron chi connectivity index (χ2n) is 8.39. The lowest BCUT2D eigenvalue weighted by Crippen LogP contribution is -2.44. The predicted octanol–water partition coefficient (Wildman–Crippen LogP) is 5.01. The number of hydrogen-bond acceptors (Lipinski definition) is 7. The zero-order valence-corrected chi connectivity index (χ0v) is 20.6. The van der Waals surface area contributed by atoms with Crippen LogP contribution in [0.3, 0.4) is 0 Å². The number of fused-ring (bicyclic) bond motifs is 1. The van der Waals surface area contributed by atoms with Gasteiger partial charge in [-0.2, -0.15) is 9.50 Å². The Hall–Kier alpha value is -2.88. The lowest BCUT2D eigenvalue weighted by molar-refractivity contribution is 0.313. The Labute approximate surface area is 207 Å². The molecule has 0 bridgehead atoms. The zero-order chi connectivity index (χ0) is 23.7. The molecular weight excluding hydrogens is 473 g/mol. The van der Waals surface area contributed by atoms with Gasteiger partial charge in [0.2, 0.25) is 5.16 Å². The molecule has 1 fully saturated rings. The lowest BCUT2D eigenvalue weighted by atomic mass is 10.2. The summed E-state index contributed by atoms with van der Waals surface area (Å²) in [5, 5.41) is 8.75. The van der Waals surface area contributed by atoms with Crippen LogP contribution in [0, 0.1) is 12.7 Å².